The highest BCUT2D eigenvalue weighted by molar-refractivity contribution is 5.85. The van der Waals surface area contributed by atoms with Crippen LogP contribution in [0.25, 0.3) is 22.0 Å². The van der Waals surface area contributed by atoms with Crippen LogP contribution >= 0.6 is 0 Å². The number of aromatic amines is 1. The molecule has 1 aliphatic rings. The number of benzene rings is 1. The summed E-state index contributed by atoms with van der Waals surface area (Å²) in [7, 11) is 0. The molecule has 0 unspecified atom stereocenters. The molecular formula is C21H19FN6. The minimum atomic E-state index is -0.529. The van der Waals surface area contributed by atoms with E-state index in [2.05, 4.69) is 49.5 Å². The molecule has 1 aliphatic carbocycles. The van der Waals surface area contributed by atoms with Gasteiger partial charge in [-0.3, -0.25) is 10.1 Å². The SMILES string of the molecule is Cc1cc2[nH]ncc2cc1-c1cnc(NC2(c3ncccc3F)CCC2)nc1. The van der Waals surface area contributed by atoms with Crippen molar-refractivity contribution >= 4 is 16.9 Å². The molecular weight excluding hydrogens is 355 g/mol. The van der Waals surface area contributed by atoms with Gasteiger partial charge in [0.05, 0.1) is 17.3 Å². The van der Waals surface area contributed by atoms with E-state index >= 15 is 0 Å². The highest BCUT2D eigenvalue weighted by Gasteiger charge is 2.42. The van der Waals surface area contributed by atoms with Crippen molar-refractivity contribution in [3.05, 3.63) is 66.1 Å². The van der Waals surface area contributed by atoms with E-state index in [4.69, 9.17) is 0 Å². The van der Waals surface area contributed by atoms with Crippen LogP contribution in [0, 0.1) is 12.7 Å². The van der Waals surface area contributed by atoms with Gasteiger partial charge in [0.1, 0.15) is 11.5 Å². The Kier molecular flexibility index (Phi) is 3.82. The minimum Gasteiger partial charge on any atom is -0.343 e. The van der Waals surface area contributed by atoms with Crippen molar-refractivity contribution in [3.63, 3.8) is 0 Å². The first-order valence-electron chi connectivity index (χ1n) is 9.30. The van der Waals surface area contributed by atoms with Gasteiger partial charge in [0.2, 0.25) is 5.95 Å². The van der Waals surface area contributed by atoms with Crippen LogP contribution in [0.3, 0.4) is 0 Å². The van der Waals surface area contributed by atoms with Crippen LogP contribution in [0.15, 0.2) is 49.1 Å². The summed E-state index contributed by atoms with van der Waals surface area (Å²) in [6.45, 7) is 2.05. The molecule has 5 rings (SSSR count). The van der Waals surface area contributed by atoms with Gasteiger partial charge in [-0.1, -0.05) is 0 Å². The number of hydrogen-bond acceptors (Lipinski definition) is 5. The fraction of sp³-hybridized carbons (Fsp3) is 0.238. The Bertz CT molecular complexity index is 1150. The number of anilines is 1. The summed E-state index contributed by atoms with van der Waals surface area (Å²) in [5.74, 6) is 0.186. The summed E-state index contributed by atoms with van der Waals surface area (Å²) in [5, 5.41) is 11.4. The van der Waals surface area contributed by atoms with Gasteiger partial charge in [-0.25, -0.2) is 14.4 Å². The molecule has 4 aromatic rings. The zero-order valence-electron chi connectivity index (χ0n) is 15.4. The maximum absolute atomic E-state index is 14.3. The summed E-state index contributed by atoms with van der Waals surface area (Å²) in [6, 6.07) is 7.20. The van der Waals surface area contributed by atoms with Crippen molar-refractivity contribution in [2.45, 2.75) is 31.7 Å². The van der Waals surface area contributed by atoms with Gasteiger partial charge in [-0.2, -0.15) is 5.10 Å². The van der Waals surface area contributed by atoms with E-state index in [1.54, 1.807) is 30.9 Å². The number of halogens is 1. The van der Waals surface area contributed by atoms with Gasteiger partial charge in [0.15, 0.2) is 0 Å². The molecule has 3 aromatic heterocycles. The van der Waals surface area contributed by atoms with E-state index in [9.17, 15) is 4.39 Å². The Hall–Kier alpha value is -3.35. The summed E-state index contributed by atoms with van der Waals surface area (Å²) in [4.78, 5) is 13.2. The molecule has 6 nitrogen and oxygen atoms in total. The molecule has 0 spiro atoms. The number of H-pyrrole nitrogens is 1. The lowest BCUT2D eigenvalue weighted by Crippen LogP contribution is -2.44. The molecule has 0 aliphatic heterocycles. The van der Waals surface area contributed by atoms with Crippen LogP contribution in [0.5, 0.6) is 0 Å². The molecule has 7 heteroatoms. The third kappa shape index (κ3) is 2.70. The fourth-order valence-corrected chi connectivity index (χ4v) is 3.85. The number of aryl methyl sites for hydroxylation is 1. The molecule has 0 radical (unpaired) electrons. The van der Waals surface area contributed by atoms with Gasteiger partial charge >= 0.3 is 0 Å². The third-order valence-electron chi connectivity index (χ3n) is 5.52. The van der Waals surface area contributed by atoms with Crippen molar-refractivity contribution in [2.75, 3.05) is 5.32 Å². The number of hydrogen-bond donors (Lipinski definition) is 2. The van der Waals surface area contributed by atoms with E-state index in [0.717, 1.165) is 46.9 Å². The lowest BCUT2D eigenvalue weighted by Gasteiger charge is -2.42. The van der Waals surface area contributed by atoms with Crippen LogP contribution in [-0.4, -0.2) is 25.1 Å². The Labute approximate surface area is 161 Å². The Morgan fingerprint density at radius 1 is 1.11 bits per heavy atom. The van der Waals surface area contributed by atoms with Gasteiger partial charge in [-0.05, 0) is 61.6 Å². The maximum Gasteiger partial charge on any atom is 0.223 e. The first-order chi connectivity index (χ1) is 13.6. The number of pyridine rings is 1. The average Bonchev–Trinajstić information content (AvgIpc) is 3.12. The van der Waals surface area contributed by atoms with Gasteiger partial charge in [0.25, 0.3) is 0 Å². The smallest absolute Gasteiger partial charge is 0.223 e. The van der Waals surface area contributed by atoms with Crippen molar-refractivity contribution in [1.29, 1.82) is 0 Å². The molecule has 0 amide bonds. The third-order valence-corrected chi connectivity index (χ3v) is 5.52. The number of aromatic nitrogens is 5. The number of nitrogens with one attached hydrogen (secondary N) is 2. The predicted molar refractivity (Wildman–Crippen MR) is 105 cm³/mol. The number of nitrogens with zero attached hydrogens (tertiary/aromatic N) is 4. The maximum atomic E-state index is 14.3. The molecule has 28 heavy (non-hydrogen) atoms. The van der Waals surface area contributed by atoms with Crippen molar-refractivity contribution < 1.29 is 4.39 Å². The van der Waals surface area contributed by atoms with Gasteiger partial charge in [-0.15, -0.1) is 0 Å². The number of rotatable bonds is 4. The minimum absolute atomic E-state index is 0.296. The molecule has 1 saturated carbocycles. The molecule has 0 saturated heterocycles. The standard InChI is InChI=1S/C21H19FN6/c1-13-8-18-14(12-26-28-18)9-16(13)15-10-24-20(25-11-15)27-21(5-3-6-21)19-17(22)4-2-7-23-19/h2,4,7-12H,3,5-6H2,1H3,(H,26,28)(H,24,25,27). The van der Waals surface area contributed by atoms with Crippen LogP contribution < -0.4 is 5.32 Å². The van der Waals surface area contributed by atoms with Crippen LogP contribution in [0.2, 0.25) is 0 Å². The average molecular weight is 374 g/mol. The zero-order valence-corrected chi connectivity index (χ0v) is 15.4. The molecule has 1 fully saturated rings. The Morgan fingerprint density at radius 2 is 1.93 bits per heavy atom. The van der Waals surface area contributed by atoms with E-state index in [1.807, 2.05) is 0 Å². The number of fused-ring (bicyclic) bond motifs is 1. The quantitative estimate of drug-likeness (QED) is 0.555. The van der Waals surface area contributed by atoms with Crippen molar-refractivity contribution in [2.24, 2.45) is 0 Å². The second-order valence-electron chi connectivity index (χ2n) is 7.31. The molecule has 2 N–H and O–H groups in total. The van der Waals surface area contributed by atoms with E-state index in [-0.39, 0.29) is 5.82 Å². The van der Waals surface area contributed by atoms with Gasteiger partial charge in [0, 0.05) is 29.5 Å². The highest BCUT2D eigenvalue weighted by atomic mass is 19.1. The van der Waals surface area contributed by atoms with E-state index < -0.39 is 5.54 Å². The normalized spacial score (nSPS) is 15.4. The second-order valence-corrected chi connectivity index (χ2v) is 7.31. The lowest BCUT2D eigenvalue weighted by molar-refractivity contribution is 0.264. The Morgan fingerprint density at radius 3 is 2.64 bits per heavy atom. The lowest BCUT2D eigenvalue weighted by atomic mass is 9.74. The van der Waals surface area contributed by atoms with E-state index in [0.29, 0.717) is 11.6 Å². The summed E-state index contributed by atoms with van der Waals surface area (Å²) in [6.07, 6.45) is 9.65. The first-order valence-corrected chi connectivity index (χ1v) is 9.30. The topological polar surface area (TPSA) is 79.4 Å². The molecule has 0 bridgehead atoms. The van der Waals surface area contributed by atoms with Crippen molar-refractivity contribution in [1.82, 2.24) is 25.1 Å². The summed E-state index contributed by atoms with van der Waals surface area (Å²) >= 11 is 0. The monoisotopic (exact) mass is 374 g/mol. The molecule has 3 heterocycles. The second kappa shape index (κ2) is 6.37. The summed E-state index contributed by atoms with van der Waals surface area (Å²) < 4.78 is 14.3. The largest absolute Gasteiger partial charge is 0.343 e. The molecule has 1 aromatic carbocycles. The molecule has 0 atom stereocenters. The van der Waals surface area contributed by atoms with Gasteiger partial charge < -0.3 is 5.32 Å². The van der Waals surface area contributed by atoms with E-state index in [1.165, 1.54) is 6.07 Å². The predicted octanol–water partition coefficient (Wildman–Crippen LogP) is 4.35. The van der Waals surface area contributed by atoms with Crippen LogP contribution in [0.4, 0.5) is 10.3 Å². The van der Waals surface area contributed by atoms with Crippen LogP contribution in [0.1, 0.15) is 30.5 Å². The fourth-order valence-electron chi connectivity index (χ4n) is 3.85. The van der Waals surface area contributed by atoms with Crippen molar-refractivity contribution in [3.8, 4) is 11.1 Å². The first kappa shape index (κ1) is 16.8. The zero-order chi connectivity index (χ0) is 19.1. The molecule has 140 valence electrons. The van der Waals surface area contributed by atoms with Crippen LogP contribution in [-0.2, 0) is 5.54 Å². The summed E-state index contributed by atoms with van der Waals surface area (Å²) in [5.41, 5.74) is 4.03. The Balaban J connectivity index is 1.45. The highest BCUT2D eigenvalue weighted by Crippen LogP contribution is 2.43.